The number of thioether (sulfide) groups is 1. The van der Waals surface area contributed by atoms with Crippen LogP contribution in [0.25, 0.3) is 15.9 Å². The number of ether oxygens (including phenoxy) is 1. The topological polar surface area (TPSA) is 104 Å². The van der Waals surface area contributed by atoms with Gasteiger partial charge in [-0.25, -0.2) is 4.98 Å². The van der Waals surface area contributed by atoms with Crippen molar-refractivity contribution in [1.82, 2.24) is 9.55 Å². The van der Waals surface area contributed by atoms with Gasteiger partial charge in [-0.05, 0) is 43.7 Å². The molecule has 0 amide bonds. The molecule has 8 nitrogen and oxygen atoms in total. The molecule has 0 aliphatic carbocycles. The lowest BCUT2D eigenvalue weighted by atomic mass is 9.94. The maximum absolute atomic E-state index is 13.8. The molecule has 0 spiro atoms. The van der Waals surface area contributed by atoms with Gasteiger partial charge >= 0.3 is 0 Å². The molecular formula is C25H21N3O5S2. The number of thiophene rings is 1. The summed E-state index contributed by atoms with van der Waals surface area (Å²) in [6, 6.07) is 14.7. The summed E-state index contributed by atoms with van der Waals surface area (Å²) < 4.78 is 7.50. The van der Waals surface area contributed by atoms with Gasteiger partial charge in [-0.2, -0.15) is 0 Å². The second-order valence-corrected chi connectivity index (χ2v) is 10.8. The molecule has 5 rings (SSSR count). The van der Waals surface area contributed by atoms with Gasteiger partial charge in [0, 0.05) is 29.0 Å². The van der Waals surface area contributed by atoms with E-state index in [1.165, 1.54) is 47.4 Å². The lowest BCUT2D eigenvalue weighted by Crippen LogP contribution is -2.32. The van der Waals surface area contributed by atoms with E-state index in [1.54, 1.807) is 4.57 Å². The minimum absolute atomic E-state index is 0.0316. The maximum Gasteiger partial charge on any atom is 0.269 e. The van der Waals surface area contributed by atoms with Gasteiger partial charge in [0.05, 0.1) is 34.0 Å². The predicted octanol–water partition coefficient (Wildman–Crippen LogP) is 5.18. The number of benzene rings is 2. The fraction of sp³-hybridized carbons (Fsp3) is 0.240. The van der Waals surface area contributed by atoms with E-state index in [0.29, 0.717) is 39.7 Å². The zero-order valence-electron chi connectivity index (χ0n) is 19.0. The SMILES string of the molecule is CC1(C)Cc2c(sc3nc(SCC(=O)c4ccc([N+](=O)[O-])cc4)n(-c4ccccc4)c(=O)c23)CO1. The first kappa shape index (κ1) is 23.4. The molecule has 10 heteroatoms. The monoisotopic (exact) mass is 507 g/mol. The molecule has 2 aromatic heterocycles. The Hall–Kier alpha value is -3.34. The largest absolute Gasteiger partial charge is 0.370 e. The van der Waals surface area contributed by atoms with Crippen LogP contribution < -0.4 is 5.56 Å². The zero-order valence-corrected chi connectivity index (χ0v) is 20.6. The summed E-state index contributed by atoms with van der Waals surface area (Å²) in [4.78, 5) is 43.5. The quantitative estimate of drug-likeness (QED) is 0.116. The zero-order chi connectivity index (χ0) is 24.7. The van der Waals surface area contributed by atoms with Gasteiger partial charge in [0.1, 0.15) is 4.83 Å². The Morgan fingerprint density at radius 3 is 2.60 bits per heavy atom. The minimum Gasteiger partial charge on any atom is -0.370 e. The summed E-state index contributed by atoms with van der Waals surface area (Å²) in [5, 5.41) is 11.9. The molecule has 0 radical (unpaired) electrons. The van der Waals surface area contributed by atoms with E-state index in [2.05, 4.69) is 0 Å². The normalized spacial score (nSPS) is 14.6. The van der Waals surface area contributed by atoms with Gasteiger partial charge in [0.25, 0.3) is 11.2 Å². The van der Waals surface area contributed by atoms with Crippen LogP contribution in [0.3, 0.4) is 0 Å². The Kier molecular flexibility index (Phi) is 6.04. The summed E-state index contributed by atoms with van der Waals surface area (Å²) in [5.74, 6) is -0.177. The highest BCUT2D eigenvalue weighted by Crippen LogP contribution is 2.38. The second kappa shape index (κ2) is 9.03. The van der Waals surface area contributed by atoms with Gasteiger partial charge in [-0.1, -0.05) is 30.0 Å². The van der Waals surface area contributed by atoms with Crippen molar-refractivity contribution in [3.8, 4) is 5.69 Å². The summed E-state index contributed by atoms with van der Waals surface area (Å²) in [6.07, 6.45) is 0.624. The lowest BCUT2D eigenvalue weighted by Gasteiger charge is -2.29. The van der Waals surface area contributed by atoms with Crippen LogP contribution in [0.2, 0.25) is 0 Å². The molecule has 0 N–H and O–H groups in total. The minimum atomic E-state index is -0.506. The number of carbonyl (C=O) groups excluding carboxylic acids is 1. The van der Waals surface area contributed by atoms with E-state index in [9.17, 15) is 19.7 Å². The summed E-state index contributed by atoms with van der Waals surface area (Å²) in [7, 11) is 0. The van der Waals surface area contributed by atoms with Crippen LogP contribution in [-0.4, -0.2) is 31.6 Å². The fourth-order valence-electron chi connectivity index (χ4n) is 4.06. The first-order valence-corrected chi connectivity index (χ1v) is 12.7. The lowest BCUT2D eigenvalue weighted by molar-refractivity contribution is -0.384. The fourth-order valence-corrected chi connectivity index (χ4v) is 6.11. The summed E-state index contributed by atoms with van der Waals surface area (Å²) in [6.45, 7) is 4.46. The number of ketones is 1. The van der Waals surface area contributed by atoms with Crippen LogP contribution in [0.5, 0.6) is 0 Å². The third-order valence-electron chi connectivity index (χ3n) is 5.82. The van der Waals surface area contributed by atoms with Crippen molar-refractivity contribution in [2.45, 2.75) is 37.6 Å². The van der Waals surface area contributed by atoms with Gasteiger partial charge in [0.2, 0.25) is 0 Å². The molecule has 0 saturated carbocycles. The smallest absolute Gasteiger partial charge is 0.269 e. The van der Waals surface area contributed by atoms with Crippen LogP contribution in [0.4, 0.5) is 5.69 Å². The number of nitro groups is 1. The van der Waals surface area contributed by atoms with E-state index in [0.717, 1.165) is 10.4 Å². The molecule has 178 valence electrons. The number of nitro benzene ring substituents is 1. The number of non-ortho nitro benzene ring substituents is 1. The molecule has 0 saturated heterocycles. The number of fused-ring (bicyclic) bond motifs is 3. The number of hydrogen-bond donors (Lipinski definition) is 0. The highest BCUT2D eigenvalue weighted by atomic mass is 32.2. The van der Waals surface area contributed by atoms with Crippen LogP contribution in [0, 0.1) is 10.1 Å². The number of hydrogen-bond acceptors (Lipinski definition) is 8. The van der Waals surface area contributed by atoms with Crippen LogP contribution >= 0.6 is 23.1 Å². The molecule has 0 unspecified atom stereocenters. The molecule has 2 aromatic carbocycles. The van der Waals surface area contributed by atoms with Crippen LogP contribution in [0.1, 0.15) is 34.6 Å². The van der Waals surface area contributed by atoms with E-state index in [-0.39, 0.29) is 28.4 Å². The molecule has 0 atom stereocenters. The van der Waals surface area contributed by atoms with Crippen LogP contribution in [0.15, 0.2) is 64.5 Å². The Balaban J connectivity index is 1.55. The maximum atomic E-state index is 13.8. The second-order valence-electron chi connectivity index (χ2n) is 8.80. The van der Waals surface area contributed by atoms with Crippen molar-refractivity contribution < 1.29 is 14.5 Å². The molecule has 4 aromatic rings. The molecular weight excluding hydrogens is 486 g/mol. The number of nitrogens with zero attached hydrogens (tertiary/aromatic N) is 3. The van der Waals surface area contributed by atoms with Crippen molar-refractivity contribution in [1.29, 1.82) is 0 Å². The van der Waals surface area contributed by atoms with Gasteiger partial charge < -0.3 is 4.74 Å². The van der Waals surface area contributed by atoms with Crippen molar-refractivity contribution in [3.63, 3.8) is 0 Å². The number of aromatic nitrogens is 2. The summed E-state index contributed by atoms with van der Waals surface area (Å²) in [5.41, 5.74) is 1.42. The Labute approximate surface area is 208 Å². The first-order valence-electron chi connectivity index (χ1n) is 10.9. The van der Waals surface area contributed by atoms with Crippen molar-refractivity contribution >= 4 is 44.8 Å². The predicted molar refractivity (Wildman–Crippen MR) is 136 cm³/mol. The summed E-state index contributed by atoms with van der Waals surface area (Å²) >= 11 is 2.63. The van der Waals surface area contributed by atoms with E-state index >= 15 is 0 Å². The van der Waals surface area contributed by atoms with Gasteiger partial charge in [-0.15, -0.1) is 11.3 Å². The third kappa shape index (κ3) is 4.52. The molecule has 3 heterocycles. The number of Topliss-reactive ketones (excluding diaryl/α,β-unsaturated/α-hetero) is 1. The van der Waals surface area contributed by atoms with Crippen molar-refractivity contribution in [2.24, 2.45) is 0 Å². The average molecular weight is 508 g/mol. The molecule has 35 heavy (non-hydrogen) atoms. The molecule has 0 fully saturated rings. The number of rotatable bonds is 6. The Morgan fingerprint density at radius 1 is 1.20 bits per heavy atom. The van der Waals surface area contributed by atoms with Crippen molar-refractivity contribution in [2.75, 3.05) is 5.75 Å². The van der Waals surface area contributed by atoms with Gasteiger partial charge in [-0.3, -0.25) is 24.3 Å². The standard InChI is InChI=1S/C25H21N3O5S2/c1-25(2)12-18-20(13-33-25)35-22-21(18)23(30)27(16-6-4-3-5-7-16)24(26-22)34-14-19(29)15-8-10-17(11-9-15)28(31)32/h3-11H,12-14H2,1-2H3. The first-order chi connectivity index (χ1) is 16.7. The van der Waals surface area contributed by atoms with Crippen LogP contribution in [-0.2, 0) is 17.8 Å². The van der Waals surface area contributed by atoms with E-state index in [4.69, 9.17) is 9.72 Å². The molecule has 1 aliphatic rings. The Bertz CT molecular complexity index is 1510. The van der Waals surface area contributed by atoms with Gasteiger partial charge in [0.15, 0.2) is 10.9 Å². The van der Waals surface area contributed by atoms with E-state index in [1.807, 2.05) is 44.2 Å². The average Bonchev–Trinajstić information content (AvgIpc) is 3.19. The highest BCUT2D eigenvalue weighted by molar-refractivity contribution is 7.99. The number of carbonyl (C=O) groups is 1. The third-order valence-corrected chi connectivity index (χ3v) is 7.86. The van der Waals surface area contributed by atoms with Crippen molar-refractivity contribution in [3.05, 3.63) is 91.1 Å². The molecule has 0 bridgehead atoms. The van der Waals surface area contributed by atoms with E-state index < -0.39 is 4.92 Å². The highest BCUT2D eigenvalue weighted by Gasteiger charge is 2.31. The Morgan fingerprint density at radius 2 is 1.91 bits per heavy atom. The number of para-hydroxylation sites is 1. The molecule has 1 aliphatic heterocycles.